The van der Waals surface area contributed by atoms with Gasteiger partial charge >= 0.3 is 5.69 Å². The van der Waals surface area contributed by atoms with Gasteiger partial charge in [-0.1, -0.05) is 36.4 Å². The number of nitrogens with zero attached hydrogens (tertiary/aromatic N) is 5. The van der Waals surface area contributed by atoms with Crippen molar-refractivity contribution in [2.45, 2.75) is 13.5 Å². The molecule has 1 N–H and O–H groups in total. The monoisotopic (exact) mass is 392 g/mol. The number of nitro groups is 1. The zero-order valence-corrected chi connectivity index (χ0v) is 15.8. The molecule has 0 bridgehead atoms. The maximum Gasteiger partial charge on any atom is 0.307 e. The molecule has 4 rings (SSSR count). The zero-order chi connectivity index (χ0) is 19.7. The van der Waals surface area contributed by atoms with Gasteiger partial charge in [0.15, 0.2) is 10.6 Å². The number of nitrogens with one attached hydrogen (secondary N) is 1. The summed E-state index contributed by atoms with van der Waals surface area (Å²) in [5, 5.41) is 22.0. The molecule has 28 heavy (non-hydrogen) atoms. The number of benzene rings is 2. The van der Waals surface area contributed by atoms with E-state index in [1.54, 1.807) is 0 Å². The third-order valence-corrected chi connectivity index (χ3v) is 4.59. The number of aromatic nitrogens is 5. The van der Waals surface area contributed by atoms with Gasteiger partial charge in [0.05, 0.1) is 17.2 Å². The Morgan fingerprint density at radius 3 is 2.68 bits per heavy atom. The van der Waals surface area contributed by atoms with Gasteiger partial charge in [-0.05, 0) is 42.4 Å². The highest BCUT2D eigenvalue weighted by molar-refractivity contribution is 7.71. The molecular weight excluding hydrogens is 376 g/mol. The van der Waals surface area contributed by atoms with Gasteiger partial charge in [0.25, 0.3) is 0 Å². The number of aromatic amines is 1. The van der Waals surface area contributed by atoms with E-state index < -0.39 is 4.92 Å². The maximum absolute atomic E-state index is 10.8. The standard InChI is InChI=1S/C19H16N6O2S/c1-13-3-2-4-16(9-13)24-18(21-22-19(24)28)15-7-5-14(6-8-15)11-23-12-17(10-20-23)25(26)27/h2-10,12H,11H2,1H3,(H,22,28). The molecule has 0 saturated heterocycles. The Hall–Kier alpha value is -3.59. The van der Waals surface area contributed by atoms with Crippen LogP contribution in [0.1, 0.15) is 11.1 Å². The van der Waals surface area contributed by atoms with Gasteiger partial charge in [0, 0.05) is 5.56 Å². The van der Waals surface area contributed by atoms with Crippen LogP contribution in [0.25, 0.3) is 17.1 Å². The molecule has 0 aliphatic rings. The van der Waals surface area contributed by atoms with E-state index in [4.69, 9.17) is 12.2 Å². The summed E-state index contributed by atoms with van der Waals surface area (Å²) in [5.41, 5.74) is 3.93. The molecule has 0 fully saturated rings. The Bertz CT molecular complexity index is 1210. The van der Waals surface area contributed by atoms with Crippen molar-refractivity contribution in [3.8, 4) is 17.1 Å². The van der Waals surface area contributed by atoms with E-state index in [0.717, 1.165) is 28.2 Å². The Kier molecular flexibility index (Phi) is 4.58. The largest absolute Gasteiger partial charge is 0.307 e. The highest BCUT2D eigenvalue weighted by atomic mass is 32.1. The Morgan fingerprint density at radius 2 is 2.00 bits per heavy atom. The molecule has 9 heteroatoms. The van der Waals surface area contributed by atoms with Gasteiger partial charge in [-0.25, -0.2) is 0 Å². The van der Waals surface area contributed by atoms with Crippen LogP contribution in [0.5, 0.6) is 0 Å². The second kappa shape index (κ2) is 7.20. The molecule has 0 aliphatic heterocycles. The summed E-state index contributed by atoms with van der Waals surface area (Å²) in [7, 11) is 0. The maximum atomic E-state index is 10.8. The number of aryl methyl sites for hydroxylation is 1. The van der Waals surface area contributed by atoms with Crippen LogP contribution < -0.4 is 0 Å². The van der Waals surface area contributed by atoms with Crippen LogP contribution >= 0.6 is 12.2 Å². The van der Waals surface area contributed by atoms with Gasteiger partial charge in [-0.3, -0.25) is 24.5 Å². The van der Waals surface area contributed by atoms with Crippen LogP contribution in [-0.2, 0) is 6.54 Å². The third-order valence-electron chi connectivity index (χ3n) is 4.32. The summed E-state index contributed by atoms with van der Waals surface area (Å²) >= 11 is 5.41. The van der Waals surface area contributed by atoms with E-state index in [1.165, 1.54) is 17.1 Å². The Labute approximate surface area is 165 Å². The first kappa shape index (κ1) is 17.8. The molecule has 140 valence electrons. The van der Waals surface area contributed by atoms with Crippen LogP contribution in [0.2, 0.25) is 0 Å². The van der Waals surface area contributed by atoms with Crippen molar-refractivity contribution >= 4 is 17.9 Å². The van der Waals surface area contributed by atoms with E-state index in [-0.39, 0.29) is 5.69 Å². The fraction of sp³-hybridized carbons (Fsp3) is 0.105. The molecule has 0 unspecified atom stereocenters. The first-order valence-corrected chi connectivity index (χ1v) is 8.93. The minimum absolute atomic E-state index is 0.0229. The quantitative estimate of drug-likeness (QED) is 0.314. The molecule has 4 aromatic rings. The molecule has 0 atom stereocenters. The predicted octanol–water partition coefficient (Wildman–Crippen LogP) is 4.06. The van der Waals surface area contributed by atoms with Crippen LogP contribution in [-0.4, -0.2) is 29.5 Å². The fourth-order valence-corrected chi connectivity index (χ4v) is 3.21. The van der Waals surface area contributed by atoms with Gasteiger partial charge in [0.2, 0.25) is 0 Å². The lowest BCUT2D eigenvalue weighted by Crippen LogP contribution is -2.01. The van der Waals surface area contributed by atoms with E-state index in [9.17, 15) is 10.1 Å². The first-order valence-electron chi connectivity index (χ1n) is 8.52. The van der Waals surface area contributed by atoms with E-state index in [2.05, 4.69) is 15.3 Å². The van der Waals surface area contributed by atoms with Crippen molar-refractivity contribution < 1.29 is 4.92 Å². The molecule has 0 radical (unpaired) electrons. The molecule has 8 nitrogen and oxygen atoms in total. The van der Waals surface area contributed by atoms with Gasteiger partial charge < -0.3 is 0 Å². The lowest BCUT2D eigenvalue weighted by molar-refractivity contribution is -0.385. The van der Waals surface area contributed by atoms with Crippen molar-refractivity contribution in [2.24, 2.45) is 0 Å². The number of hydrogen-bond donors (Lipinski definition) is 1. The van der Waals surface area contributed by atoms with Crippen molar-refractivity contribution in [2.75, 3.05) is 0 Å². The van der Waals surface area contributed by atoms with E-state index >= 15 is 0 Å². The summed E-state index contributed by atoms with van der Waals surface area (Å²) in [4.78, 5) is 10.3. The lowest BCUT2D eigenvalue weighted by Gasteiger charge is -2.08. The third kappa shape index (κ3) is 3.47. The van der Waals surface area contributed by atoms with Crippen LogP contribution in [0.15, 0.2) is 60.9 Å². The smallest absolute Gasteiger partial charge is 0.268 e. The van der Waals surface area contributed by atoms with Crippen molar-refractivity contribution in [3.63, 3.8) is 0 Å². The summed E-state index contributed by atoms with van der Waals surface area (Å²) in [6, 6.07) is 15.8. The number of H-pyrrole nitrogens is 1. The molecular formula is C19H16N6O2S. The molecule has 0 amide bonds. The summed E-state index contributed by atoms with van der Waals surface area (Å²) in [5.74, 6) is 0.719. The number of hydrogen-bond acceptors (Lipinski definition) is 5. The minimum Gasteiger partial charge on any atom is -0.268 e. The molecule has 0 aliphatic carbocycles. The molecule has 2 aromatic heterocycles. The SMILES string of the molecule is Cc1cccc(-n2c(-c3ccc(Cn4cc([N+](=O)[O-])cn4)cc3)n[nH]c2=S)c1. The predicted molar refractivity (Wildman–Crippen MR) is 107 cm³/mol. The average Bonchev–Trinajstić information content (AvgIpc) is 3.29. The molecule has 2 aromatic carbocycles. The van der Waals surface area contributed by atoms with Crippen LogP contribution in [0.4, 0.5) is 5.69 Å². The van der Waals surface area contributed by atoms with Crippen molar-refractivity contribution in [3.05, 3.63) is 86.9 Å². The summed E-state index contributed by atoms with van der Waals surface area (Å²) in [6.07, 6.45) is 2.66. The Morgan fingerprint density at radius 1 is 1.21 bits per heavy atom. The molecule has 0 spiro atoms. The normalized spacial score (nSPS) is 10.9. The second-order valence-electron chi connectivity index (χ2n) is 6.38. The highest BCUT2D eigenvalue weighted by Crippen LogP contribution is 2.23. The second-order valence-corrected chi connectivity index (χ2v) is 6.76. The van der Waals surface area contributed by atoms with Gasteiger partial charge in [-0.2, -0.15) is 10.2 Å². The Balaban J connectivity index is 1.63. The van der Waals surface area contributed by atoms with Gasteiger partial charge in [0.1, 0.15) is 12.4 Å². The van der Waals surface area contributed by atoms with Crippen molar-refractivity contribution in [1.29, 1.82) is 0 Å². The lowest BCUT2D eigenvalue weighted by atomic mass is 10.1. The summed E-state index contributed by atoms with van der Waals surface area (Å²) < 4.78 is 3.96. The zero-order valence-electron chi connectivity index (χ0n) is 14.9. The molecule has 0 saturated carbocycles. The number of rotatable bonds is 5. The van der Waals surface area contributed by atoms with E-state index in [0.29, 0.717) is 11.3 Å². The van der Waals surface area contributed by atoms with Crippen LogP contribution in [0.3, 0.4) is 0 Å². The van der Waals surface area contributed by atoms with E-state index in [1.807, 2.05) is 60.0 Å². The fourth-order valence-electron chi connectivity index (χ4n) is 2.98. The summed E-state index contributed by atoms with van der Waals surface area (Å²) in [6.45, 7) is 2.47. The molecule has 2 heterocycles. The highest BCUT2D eigenvalue weighted by Gasteiger charge is 2.12. The van der Waals surface area contributed by atoms with Crippen LogP contribution in [0, 0.1) is 21.8 Å². The minimum atomic E-state index is -0.458. The average molecular weight is 392 g/mol. The topological polar surface area (TPSA) is 94.6 Å². The first-order chi connectivity index (χ1) is 13.5. The van der Waals surface area contributed by atoms with Crippen molar-refractivity contribution in [1.82, 2.24) is 24.5 Å². The van der Waals surface area contributed by atoms with Gasteiger partial charge in [-0.15, -0.1) is 0 Å².